The third-order valence-corrected chi connectivity index (χ3v) is 6.96. The van der Waals surface area contributed by atoms with Crippen LogP contribution in [0.5, 0.6) is 5.75 Å². The van der Waals surface area contributed by atoms with Crippen LogP contribution < -0.4 is 15.4 Å². The molecular weight excluding hydrogens is 312 g/mol. The van der Waals surface area contributed by atoms with Crippen molar-refractivity contribution in [1.29, 1.82) is 0 Å². The van der Waals surface area contributed by atoms with Crippen molar-refractivity contribution in [2.45, 2.75) is 58.0 Å². The van der Waals surface area contributed by atoms with E-state index in [-0.39, 0.29) is 12.1 Å². The van der Waals surface area contributed by atoms with Crippen LogP contribution in [-0.2, 0) is 6.54 Å². The van der Waals surface area contributed by atoms with Crippen molar-refractivity contribution in [3.63, 3.8) is 0 Å². The second kappa shape index (κ2) is 6.54. The van der Waals surface area contributed by atoms with Gasteiger partial charge < -0.3 is 15.4 Å². The summed E-state index contributed by atoms with van der Waals surface area (Å²) in [6.07, 6.45) is 8.28. The zero-order chi connectivity index (χ0) is 17.4. The highest BCUT2D eigenvalue weighted by Gasteiger charge is 2.53. The summed E-state index contributed by atoms with van der Waals surface area (Å²) in [5.74, 6) is 3.58. The minimum atomic E-state index is -0.0425. The number of ether oxygens (including phenoxy) is 1. The van der Waals surface area contributed by atoms with E-state index in [4.69, 9.17) is 4.74 Å². The average molecular weight is 342 g/mol. The topological polar surface area (TPSA) is 50.4 Å². The summed E-state index contributed by atoms with van der Waals surface area (Å²) in [7, 11) is 1.66. The minimum Gasteiger partial charge on any atom is -0.497 e. The first-order valence-electron chi connectivity index (χ1n) is 9.73. The molecule has 4 bridgehead atoms. The zero-order valence-corrected chi connectivity index (χ0v) is 15.4. The number of rotatable bonds is 5. The molecule has 1 aromatic rings. The van der Waals surface area contributed by atoms with Gasteiger partial charge in [-0.25, -0.2) is 4.79 Å². The molecule has 0 radical (unpaired) electrons. The number of nitrogens with one attached hydrogen (secondary N) is 2. The van der Waals surface area contributed by atoms with Gasteiger partial charge in [-0.15, -0.1) is 0 Å². The molecule has 0 aromatic heterocycles. The molecule has 136 valence electrons. The monoisotopic (exact) mass is 342 g/mol. The van der Waals surface area contributed by atoms with Gasteiger partial charge in [-0.05, 0) is 86.3 Å². The van der Waals surface area contributed by atoms with Crippen molar-refractivity contribution in [3.05, 3.63) is 29.8 Å². The molecule has 1 atom stereocenters. The van der Waals surface area contributed by atoms with Gasteiger partial charge in [0.25, 0.3) is 0 Å². The lowest BCUT2D eigenvalue weighted by Crippen LogP contribution is -2.57. The van der Waals surface area contributed by atoms with E-state index in [0.29, 0.717) is 12.0 Å². The third kappa shape index (κ3) is 3.36. The molecule has 0 spiro atoms. The van der Waals surface area contributed by atoms with Crippen molar-refractivity contribution >= 4 is 6.03 Å². The fraction of sp³-hybridized carbons (Fsp3) is 0.667. The smallest absolute Gasteiger partial charge is 0.315 e. The number of carbonyl (C=O) groups is 1. The maximum atomic E-state index is 12.4. The summed E-state index contributed by atoms with van der Waals surface area (Å²) in [5, 5.41) is 6.26. The second-order valence-corrected chi connectivity index (χ2v) is 8.68. The predicted molar refractivity (Wildman–Crippen MR) is 98.4 cm³/mol. The van der Waals surface area contributed by atoms with Gasteiger partial charge in [-0.1, -0.05) is 12.1 Å². The highest BCUT2D eigenvalue weighted by molar-refractivity contribution is 5.74. The van der Waals surface area contributed by atoms with Crippen molar-refractivity contribution < 1.29 is 9.53 Å². The SMILES string of the molecule is COc1ccc(CNC(=O)NC(C)C23CC4CC(CC(C4)C2)C3)cc1. The van der Waals surface area contributed by atoms with E-state index in [0.717, 1.165) is 29.1 Å². The van der Waals surface area contributed by atoms with Crippen LogP contribution in [0.1, 0.15) is 51.0 Å². The van der Waals surface area contributed by atoms with Gasteiger partial charge in [-0.2, -0.15) is 0 Å². The molecule has 2 amide bonds. The van der Waals surface area contributed by atoms with Crippen LogP contribution in [-0.4, -0.2) is 19.2 Å². The Morgan fingerprint density at radius 1 is 1.12 bits per heavy atom. The summed E-state index contributed by atoms with van der Waals surface area (Å²) in [4.78, 5) is 12.4. The molecule has 4 aliphatic rings. The van der Waals surface area contributed by atoms with Crippen molar-refractivity contribution in [1.82, 2.24) is 10.6 Å². The molecular formula is C21H30N2O2. The number of hydrogen-bond donors (Lipinski definition) is 2. The summed E-state index contributed by atoms with van der Waals surface area (Å²) in [6, 6.07) is 8.04. The molecule has 1 aromatic carbocycles. The zero-order valence-electron chi connectivity index (χ0n) is 15.4. The van der Waals surface area contributed by atoms with E-state index in [1.165, 1.54) is 38.5 Å². The van der Waals surface area contributed by atoms with Crippen LogP contribution in [0.2, 0.25) is 0 Å². The maximum absolute atomic E-state index is 12.4. The minimum absolute atomic E-state index is 0.0425. The summed E-state index contributed by atoms with van der Waals surface area (Å²) in [6.45, 7) is 2.77. The Morgan fingerprint density at radius 2 is 1.68 bits per heavy atom. The van der Waals surface area contributed by atoms with E-state index in [9.17, 15) is 4.79 Å². The first-order chi connectivity index (χ1) is 12.1. The Balaban J connectivity index is 1.31. The van der Waals surface area contributed by atoms with Crippen molar-refractivity contribution in [2.24, 2.45) is 23.2 Å². The second-order valence-electron chi connectivity index (χ2n) is 8.68. The lowest BCUT2D eigenvalue weighted by molar-refractivity contribution is -0.0682. The molecule has 2 N–H and O–H groups in total. The largest absolute Gasteiger partial charge is 0.497 e. The van der Waals surface area contributed by atoms with Gasteiger partial charge in [-0.3, -0.25) is 0 Å². The Kier molecular flexibility index (Phi) is 4.38. The van der Waals surface area contributed by atoms with Crippen molar-refractivity contribution in [3.8, 4) is 5.75 Å². The standard InChI is InChI=1S/C21H30N2O2/c1-14(21-10-16-7-17(11-21)9-18(8-16)12-21)23-20(24)22-13-15-3-5-19(25-2)6-4-15/h3-6,14,16-18H,7-13H2,1-2H3,(H2,22,23,24). The predicted octanol–water partition coefficient (Wildman–Crippen LogP) is 4.10. The molecule has 4 saturated carbocycles. The first-order valence-corrected chi connectivity index (χ1v) is 9.73. The van der Waals surface area contributed by atoms with Gasteiger partial charge in [0, 0.05) is 12.6 Å². The van der Waals surface area contributed by atoms with E-state index in [1.54, 1.807) is 7.11 Å². The lowest BCUT2D eigenvalue weighted by Gasteiger charge is -2.59. The molecule has 5 rings (SSSR count). The van der Waals surface area contributed by atoms with Crippen LogP contribution >= 0.6 is 0 Å². The summed E-state index contributed by atoms with van der Waals surface area (Å²) < 4.78 is 5.16. The van der Waals surface area contributed by atoms with E-state index in [1.807, 2.05) is 24.3 Å². The maximum Gasteiger partial charge on any atom is 0.315 e. The van der Waals surface area contributed by atoms with E-state index >= 15 is 0 Å². The summed E-state index contributed by atoms with van der Waals surface area (Å²) >= 11 is 0. The Labute approximate surface area is 150 Å². The fourth-order valence-corrected chi connectivity index (χ4v) is 6.03. The first kappa shape index (κ1) is 16.7. The number of benzene rings is 1. The van der Waals surface area contributed by atoms with E-state index in [2.05, 4.69) is 17.6 Å². The lowest BCUT2D eigenvalue weighted by atomic mass is 9.48. The molecule has 1 unspecified atom stereocenters. The van der Waals surface area contributed by atoms with Gasteiger partial charge >= 0.3 is 6.03 Å². The molecule has 4 heteroatoms. The number of amides is 2. The molecule has 4 fully saturated rings. The van der Waals surface area contributed by atoms with Gasteiger partial charge in [0.2, 0.25) is 0 Å². The normalized spacial score (nSPS) is 33.8. The number of carbonyl (C=O) groups excluding carboxylic acids is 1. The van der Waals surface area contributed by atoms with Crippen LogP contribution in [0.4, 0.5) is 4.79 Å². The number of methoxy groups -OCH3 is 1. The quantitative estimate of drug-likeness (QED) is 0.846. The molecule has 0 saturated heterocycles. The third-order valence-electron chi connectivity index (χ3n) is 6.96. The Bertz CT molecular complexity index is 590. The molecule has 4 nitrogen and oxygen atoms in total. The van der Waals surface area contributed by atoms with Gasteiger partial charge in [0.1, 0.15) is 5.75 Å². The Hall–Kier alpha value is -1.71. The van der Waals surface area contributed by atoms with E-state index < -0.39 is 0 Å². The highest BCUT2D eigenvalue weighted by atomic mass is 16.5. The highest BCUT2D eigenvalue weighted by Crippen LogP contribution is 2.61. The average Bonchev–Trinajstić information content (AvgIpc) is 2.59. The Morgan fingerprint density at radius 3 is 2.20 bits per heavy atom. The van der Waals surface area contributed by atoms with Crippen LogP contribution in [0.3, 0.4) is 0 Å². The van der Waals surface area contributed by atoms with Crippen LogP contribution in [0.15, 0.2) is 24.3 Å². The number of hydrogen-bond acceptors (Lipinski definition) is 2. The fourth-order valence-electron chi connectivity index (χ4n) is 6.03. The van der Waals surface area contributed by atoms with Crippen LogP contribution in [0, 0.1) is 23.2 Å². The number of urea groups is 1. The molecule has 0 aliphatic heterocycles. The molecule has 4 aliphatic carbocycles. The molecule has 25 heavy (non-hydrogen) atoms. The summed E-state index contributed by atoms with van der Waals surface area (Å²) in [5.41, 5.74) is 1.44. The van der Waals surface area contributed by atoms with Gasteiger partial charge in [0.05, 0.1) is 7.11 Å². The molecule has 0 heterocycles. The van der Waals surface area contributed by atoms with Gasteiger partial charge in [0.15, 0.2) is 0 Å². The van der Waals surface area contributed by atoms with Crippen molar-refractivity contribution in [2.75, 3.05) is 7.11 Å². The van der Waals surface area contributed by atoms with Crippen LogP contribution in [0.25, 0.3) is 0 Å².